The number of hydrogen-bond donors (Lipinski definition) is 2. The number of thiophene rings is 1. The number of fused-ring (bicyclic) bond motifs is 1. The summed E-state index contributed by atoms with van der Waals surface area (Å²) in [5, 5.41) is 15.5. The van der Waals surface area contributed by atoms with Crippen LogP contribution >= 0.6 is 11.3 Å². The van der Waals surface area contributed by atoms with Gasteiger partial charge in [-0.15, -0.1) is 11.3 Å². The molecule has 5 heteroatoms. The first-order chi connectivity index (χ1) is 13.2. The normalized spacial score (nSPS) is 12.2. The highest BCUT2D eigenvalue weighted by molar-refractivity contribution is 7.12. The van der Waals surface area contributed by atoms with Gasteiger partial charge < -0.3 is 14.8 Å². The minimum Gasteiger partial charge on any atom is -0.466 e. The molecule has 0 radical (unpaired) electrons. The zero-order valence-corrected chi connectivity index (χ0v) is 15.4. The Kier molecular flexibility index (Phi) is 5.05. The predicted molar refractivity (Wildman–Crippen MR) is 107 cm³/mol. The molecular formula is C22H19NO3S. The number of rotatable bonds is 6. The van der Waals surface area contributed by atoms with Gasteiger partial charge >= 0.3 is 0 Å². The standard InChI is InChI=1S/C22H19NO3S/c24-21(13-16-7-3-6-15-5-1-2-8-18(15)16)23-14-17-10-11-20(27-17)22(25)19-9-4-12-26-19/h1-12,22,25H,13-14H2,(H,23,24). The van der Waals surface area contributed by atoms with Crippen LogP contribution in [0.4, 0.5) is 0 Å². The zero-order valence-electron chi connectivity index (χ0n) is 14.6. The van der Waals surface area contributed by atoms with Gasteiger partial charge in [0.25, 0.3) is 0 Å². The number of hydrogen-bond acceptors (Lipinski definition) is 4. The molecule has 136 valence electrons. The van der Waals surface area contributed by atoms with Gasteiger partial charge in [0, 0.05) is 9.75 Å². The molecule has 1 atom stereocenters. The number of nitrogens with one attached hydrogen (secondary N) is 1. The highest BCUT2D eigenvalue weighted by Crippen LogP contribution is 2.28. The first kappa shape index (κ1) is 17.5. The maximum absolute atomic E-state index is 12.4. The molecule has 2 aromatic carbocycles. The summed E-state index contributed by atoms with van der Waals surface area (Å²) in [6.07, 6.45) is 1.11. The van der Waals surface area contributed by atoms with Crippen LogP contribution < -0.4 is 5.32 Å². The van der Waals surface area contributed by atoms with E-state index >= 15 is 0 Å². The highest BCUT2D eigenvalue weighted by atomic mass is 32.1. The maximum Gasteiger partial charge on any atom is 0.224 e. The average Bonchev–Trinajstić information content (AvgIpc) is 3.38. The van der Waals surface area contributed by atoms with E-state index in [4.69, 9.17) is 4.42 Å². The summed E-state index contributed by atoms with van der Waals surface area (Å²) in [5.41, 5.74) is 1.02. The molecule has 1 amide bonds. The minimum atomic E-state index is -0.773. The molecule has 0 saturated carbocycles. The second-order valence-corrected chi connectivity index (χ2v) is 7.51. The van der Waals surface area contributed by atoms with Crippen molar-refractivity contribution in [3.05, 3.63) is 94.1 Å². The summed E-state index contributed by atoms with van der Waals surface area (Å²) in [7, 11) is 0. The Labute approximate surface area is 161 Å². The van der Waals surface area contributed by atoms with Crippen LogP contribution in [0.2, 0.25) is 0 Å². The summed E-state index contributed by atoms with van der Waals surface area (Å²) >= 11 is 1.47. The third-order valence-electron chi connectivity index (χ3n) is 4.46. The first-order valence-corrected chi connectivity index (χ1v) is 9.56. The fourth-order valence-corrected chi connectivity index (χ4v) is 4.04. The Hall–Kier alpha value is -2.89. The van der Waals surface area contributed by atoms with Crippen molar-refractivity contribution in [1.29, 1.82) is 0 Å². The van der Waals surface area contributed by atoms with Crippen molar-refractivity contribution in [2.45, 2.75) is 19.1 Å². The molecule has 0 fully saturated rings. The molecule has 0 bridgehead atoms. The van der Waals surface area contributed by atoms with Crippen molar-refractivity contribution in [2.24, 2.45) is 0 Å². The van der Waals surface area contributed by atoms with Crippen molar-refractivity contribution < 1.29 is 14.3 Å². The average molecular weight is 377 g/mol. The van der Waals surface area contributed by atoms with E-state index in [1.165, 1.54) is 11.3 Å². The zero-order chi connectivity index (χ0) is 18.6. The first-order valence-electron chi connectivity index (χ1n) is 8.74. The van der Waals surface area contributed by atoms with Crippen LogP contribution in [-0.4, -0.2) is 11.0 Å². The molecule has 2 heterocycles. The number of furan rings is 1. The summed E-state index contributed by atoms with van der Waals surface area (Å²) in [4.78, 5) is 14.2. The van der Waals surface area contributed by atoms with Crippen molar-refractivity contribution >= 4 is 28.0 Å². The quantitative estimate of drug-likeness (QED) is 0.522. The van der Waals surface area contributed by atoms with Gasteiger partial charge in [-0.05, 0) is 40.6 Å². The molecule has 27 heavy (non-hydrogen) atoms. The summed E-state index contributed by atoms with van der Waals surface area (Å²) in [5.74, 6) is 0.497. The summed E-state index contributed by atoms with van der Waals surface area (Å²) < 4.78 is 5.25. The summed E-state index contributed by atoms with van der Waals surface area (Å²) in [6.45, 7) is 0.444. The Balaban J connectivity index is 1.38. The predicted octanol–water partition coefficient (Wildman–Crippen LogP) is 4.43. The number of carbonyl (C=O) groups excluding carboxylic acids is 1. The number of aliphatic hydroxyl groups is 1. The van der Waals surface area contributed by atoms with E-state index in [1.54, 1.807) is 18.4 Å². The van der Waals surface area contributed by atoms with Crippen LogP contribution in [0.15, 0.2) is 77.4 Å². The maximum atomic E-state index is 12.4. The van der Waals surface area contributed by atoms with Crippen molar-refractivity contribution in [3.63, 3.8) is 0 Å². The van der Waals surface area contributed by atoms with Gasteiger partial charge in [-0.2, -0.15) is 0 Å². The lowest BCUT2D eigenvalue weighted by atomic mass is 10.0. The molecule has 0 spiro atoms. The van der Waals surface area contributed by atoms with Gasteiger partial charge in [-0.1, -0.05) is 42.5 Å². The fraction of sp³-hybridized carbons (Fsp3) is 0.136. The Morgan fingerprint density at radius 1 is 1.04 bits per heavy atom. The third-order valence-corrected chi connectivity index (χ3v) is 5.59. The molecule has 0 aliphatic heterocycles. The van der Waals surface area contributed by atoms with Crippen molar-refractivity contribution in [1.82, 2.24) is 5.32 Å². The number of carbonyl (C=O) groups is 1. The molecule has 0 saturated heterocycles. The van der Waals surface area contributed by atoms with E-state index in [9.17, 15) is 9.90 Å². The summed E-state index contributed by atoms with van der Waals surface area (Å²) in [6, 6.07) is 21.4. The minimum absolute atomic E-state index is 0.0205. The molecule has 2 N–H and O–H groups in total. The van der Waals surface area contributed by atoms with Crippen LogP contribution in [0.5, 0.6) is 0 Å². The van der Waals surface area contributed by atoms with E-state index in [1.807, 2.05) is 54.6 Å². The smallest absolute Gasteiger partial charge is 0.224 e. The molecule has 4 nitrogen and oxygen atoms in total. The largest absolute Gasteiger partial charge is 0.466 e. The number of benzene rings is 2. The van der Waals surface area contributed by atoms with Gasteiger partial charge in [-0.25, -0.2) is 0 Å². The molecule has 0 aliphatic rings. The lowest BCUT2D eigenvalue weighted by Crippen LogP contribution is -2.24. The number of amides is 1. The van der Waals surface area contributed by atoms with Gasteiger partial charge in [0.1, 0.15) is 11.9 Å². The highest BCUT2D eigenvalue weighted by Gasteiger charge is 2.16. The van der Waals surface area contributed by atoms with E-state index in [2.05, 4.69) is 5.32 Å². The third kappa shape index (κ3) is 3.94. The monoisotopic (exact) mass is 377 g/mol. The fourth-order valence-electron chi connectivity index (χ4n) is 3.09. The van der Waals surface area contributed by atoms with Crippen molar-refractivity contribution in [3.8, 4) is 0 Å². The topological polar surface area (TPSA) is 62.5 Å². The van der Waals surface area contributed by atoms with Gasteiger partial charge in [0.05, 0.1) is 19.2 Å². The van der Waals surface area contributed by atoms with E-state index in [0.29, 0.717) is 18.7 Å². The molecule has 2 aromatic heterocycles. The number of aliphatic hydroxyl groups excluding tert-OH is 1. The van der Waals surface area contributed by atoms with Crippen LogP contribution in [0.3, 0.4) is 0 Å². The van der Waals surface area contributed by atoms with Crippen LogP contribution in [0.1, 0.15) is 27.2 Å². The molecular weight excluding hydrogens is 358 g/mol. The van der Waals surface area contributed by atoms with E-state index < -0.39 is 6.10 Å². The Bertz CT molecular complexity index is 1050. The molecule has 4 aromatic rings. The molecule has 4 rings (SSSR count). The lowest BCUT2D eigenvalue weighted by Gasteiger charge is -2.07. The van der Waals surface area contributed by atoms with Crippen LogP contribution in [0, 0.1) is 0 Å². The Morgan fingerprint density at radius 3 is 2.74 bits per heavy atom. The van der Waals surface area contributed by atoms with E-state index in [-0.39, 0.29) is 5.91 Å². The van der Waals surface area contributed by atoms with E-state index in [0.717, 1.165) is 26.1 Å². The second-order valence-electron chi connectivity index (χ2n) is 6.31. The van der Waals surface area contributed by atoms with Gasteiger partial charge in [0.2, 0.25) is 5.91 Å². The Morgan fingerprint density at radius 2 is 1.89 bits per heavy atom. The molecule has 0 aliphatic carbocycles. The lowest BCUT2D eigenvalue weighted by molar-refractivity contribution is -0.120. The SMILES string of the molecule is O=C(Cc1cccc2ccccc12)NCc1ccc(C(O)c2ccco2)s1. The second kappa shape index (κ2) is 7.78. The van der Waals surface area contributed by atoms with Crippen molar-refractivity contribution in [2.75, 3.05) is 0 Å². The van der Waals surface area contributed by atoms with Crippen LogP contribution in [-0.2, 0) is 17.8 Å². The van der Waals surface area contributed by atoms with Gasteiger partial charge in [0.15, 0.2) is 0 Å². The van der Waals surface area contributed by atoms with Gasteiger partial charge in [-0.3, -0.25) is 4.79 Å². The van der Waals surface area contributed by atoms with Crippen LogP contribution in [0.25, 0.3) is 10.8 Å². The molecule has 1 unspecified atom stereocenters.